The van der Waals surface area contributed by atoms with Crippen LogP contribution in [0.2, 0.25) is 5.02 Å². The first-order valence-corrected chi connectivity index (χ1v) is 9.86. The zero-order valence-corrected chi connectivity index (χ0v) is 18.0. The van der Waals surface area contributed by atoms with E-state index in [1.807, 2.05) is 25.1 Å². The van der Waals surface area contributed by atoms with E-state index in [9.17, 15) is 19.5 Å². The average molecular weight is 441 g/mol. The summed E-state index contributed by atoms with van der Waals surface area (Å²) in [6.45, 7) is 3.30. The summed E-state index contributed by atoms with van der Waals surface area (Å²) in [6.07, 6.45) is 0.0717. The van der Waals surface area contributed by atoms with E-state index in [4.69, 9.17) is 16.3 Å². The molecular weight excluding hydrogens is 420 g/mol. The molecule has 31 heavy (non-hydrogen) atoms. The number of halogens is 1. The van der Waals surface area contributed by atoms with Gasteiger partial charge in [-0.25, -0.2) is 9.48 Å². The standard InChI is InChI=1S/C23H21ClN2O5/c1-13-5-4-6-15(9-13)10-20(23(29)30)26-21(28)12-19(22(25-26)31-3)18-11-16(24)7-8-17(18)14(2)27/h4-9,11-12,20H,10H2,1-3H3,(H,29,30). The molecule has 0 aliphatic carbocycles. The number of nitrogens with zero attached hydrogens (tertiary/aromatic N) is 2. The molecule has 1 atom stereocenters. The summed E-state index contributed by atoms with van der Waals surface area (Å²) in [4.78, 5) is 37.0. The molecular formula is C23H21ClN2O5. The second-order valence-electron chi connectivity index (χ2n) is 7.14. The molecule has 2 aromatic carbocycles. The van der Waals surface area contributed by atoms with Crippen LogP contribution in [-0.4, -0.2) is 33.7 Å². The van der Waals surface area contributed by atoms with Gasteiger partial charge in [-0.3, -0.25) is 9.59 Å². The van der Waals surface area contributed by atoms with Crippen molar-refractivity contribution in [3.8, 4) is 17.0 Å². The number of hydrogen-bond donors (Lipinski definition) is 1. The van der Waals surface area contributed by atoms with Crippen LogP contribution in [0.15, 0.2) is 53.3 Å². The van der Waals surface area contributed by atoms with Crippen LogP contribution < -0.4 is 10.3 Å². The molecule has 0 amide bonds. The second kappa shape index (κ2) is 9.14. The summed E-state index contributed by atoms with van der Waals surface area (Å²) >= 11 is 6.10. The van der Waals surface area contributed by atoms with Crippen LogP contribution in [0, 0.1) is 6.92 Å². The summed E-state index contributed by atoms with van der Waals surface area (Å²) in [5.74, 6) is -1.40. The van der Waals surface area contributed by atoms with Gasteiger partial charge in [0.1, 0.15) is 0 Å². The molecule has 160 valence electrons. The van der Waals surface area contributed by atoms with Gasteiger partial charge in [0.05, 0.1) is 12.7 Å². The van der Waals surface area contributed by atoms with Gasteiger partial charge in [-0.2, -0.15) is 0 Å². The van der Waals surface area contributed by atoms with Crippen LogP contribution in [0.1, 0.15) is 34.5 Å². The third kappa shape index (κ3) is 4.83. The number of rotatable bonds is 7. The number of benzene rings is 2. The van der Waals surface area contributed by atoms with Crippen molar-refractivity contribution in [2.45, 2.75) is 26.3 Å². The van der Waals surface area contributed by atoms with Crippen molar-refractivity contribution >= 4 is 23.4 Å². The predicted molar refractivity (Wildman–Crippen MR) is 117 cm³/mol. The largest absolute Gasteiger partial charge is 0.480 e. The monoisotopic (exact) mass is 440 g/mol. The van der Waals surface area contributed by atoms with E-state index in [0.717, 1.165) is 15.8 Å². The minimum absolute atomic E-state index is 0.0138. The lowest BCUT2D eigenvalue weighted by atomic mass is 9.98. The summed E-state index contributed by atoms with van der Waals surface area (Å²) in [5, 5.41) is 14.3. The van der Waals surface area contributed by atoms with Gasteiger partial charge in [-0.05, 0) is 43.2 Å². The fourth-order valence-electron chi connectivity index (χ4n) is 3.41. The number of aryl methyl sites for hydroxylation is 1. The minimum atomic E-state index is -1.23. The fraction of sp³-hybridized carbons (Fsp3) is 0.217. The molecule has 8 heteroatoms. The fourth-order valence-corrected chi connectivity index (χ4v) is 3.58. The lowest BCUT2D eigenvalue weighted by Crippen LogP contribution is -2.33. The Morgan fingerprint density at radius 1 is 1.16 bits per heavy atom. The van der Waals surface area contributed by atoms with Crippen molar-refractivity contribution in [2.24, 2.45) is 0 Å². The molecule has 0 saturated carbocycles. The Morgan fingerprint density at radius 2 is 1.90 bits per heavy atom. The molecule has 1 heterocycles. The number of methoxy groups -OCH3 is 1. The lowest BCUT2D eigenvalue weighted by molar-refractivity contribution is -0.141. The Bertz CT molecular complexity index is 1220. The second-order valence-corrected chi connectivity index (χ2v) is 7.58. The molecule has 1 unspecified atom stereocenters. The van der Waals surface area contributed by atoms with E-state index >= 15 is 0 Å². The van der Waals surface area contributed by atoms with E-state index < -0.39 is 17.6 Å². The number of ketones is 1. The maximum absolute atomic E-state index is 12.9. The van der Waals surface area contributed by atoms with Crippen LogP contribution in [0.4, 0.5) is 0 Å². The van der Waals surface area contributed by atoms with Crippen LogP contribution in [0.3, 0.4) is 0 Å². The minimum Gasteiger partial charge on any atom is -0.480 e. The maximum atomic E-state index is 12.9. The zero-order chi connectivity index (χ0) is 22.7. The van der Waals surface area contributed by atoms with E-state index in [2.05, 4.69) is 5.10 Å². The summed E-state index contributed by atoms with van der Waals surface area (Å²) in [6, 6.07) is 12.0. The molecule has 0 saturated heterocycles. The molecule has 3 aromatic rings. The third-order valence-corrected chi connectivity index (χ3v) is 5.09. The number of carbonyl (C=O) groups excluding carboxylic acids is 1. The van der Waals surface area contributed by atoms with Gasteiger partial charge in [-0.1, -0.05) is 41.4 Å². The van der Waals surface area contributed by atoms with Crippen molar-refractivity contribution in [3.63, 3.8) is 0 Å². The maximum Gasteiger partial charge on any atom is 0.329 e. The summed E-state index contributed by atoms with van der Waals surface area (Å²) in [5.41, 5.74) is 2.10. The first-order chi connectivity index (χ1) is 14.7. The number of Topliss-reactive ketones (excluding diaryl/α,β-unsaturated/α-hetero) is 1. The van der Waals surface area contributed by atoms with Gasteiger partial charge in [0.25, 0.3) is 5.56 Å². The Balaban J connectivity index is 2.14. The van der Waals surface area contributed by atoms with Gasteiger partial charge in [0.15, 0.2) is 11.8 Å². The number of aromatic nitrogens is 2. The van der Waals surface area contributed by atoms with Crippen LogP contribution in [0.25, 0.3) is 11.1 Å². The highest BCUT2D eigenvalue weighted by molar-refractivity contribution is 6.31. The topological polar surface area (TPSA) is 98.5 Å². The van der Waals surface area contributed by atoms with Crippen molar-refractivity contribution < 1.29 is 19.4 Å². The normalized spacial score (nSPS) is 11.7. The quantitative estimate of drug-likeness (QED) is 0.558. The average Bonchev–Trinajstić information content (AvgIpc) is 2.71. The van der Waals surface area contributed by atoms with Gasteiger partial charge in [0.2, 0.25) is 5.88 Å². The lowest BCUT2D eigenvalue weighted by Gasteiger charge is -2.18. The Labute approximate surface area is 183 Å². The first-order valence-electron chi connectivity index (χ1n) is 9.48. The van der Waals surface area contributed by atoms with Crippen LogP contribution in [-0.2, 0) is 11.2 Å². The van der Waals surface area contributed by atoms with Crippen molar-refractivity contribution in [3.05, 3.63) is 80.6 Å². The third-order valence-electron chi connectivity index (χ3n) is 4.86. The molecule has 0 bridgehead atoms. The highest BCUT2D eigenvalue weighted by Gasteiger charge is 2.25. The van der Waals surface area contributed by atoms with Crippen molar-refractivity contribution in [1.82, 2.24) is 9.78 Å². The number of carboxylic acids is 1. The molecule has 0 radical (unpaired) electrons. The van der Waals surface area contributed by atoms with Gasteiger partial charge < -0.3 is 9.84 Å². The molecule has 0 spiro atoms. The number of hydrogen-bond acceptors (Lipinski definition) is 5. The summed E-state index contributed by atoms with van der Waals surface area (Å²) in [7, 11) is 1.36. The molecule has 0 aliphatic rings. The Hall–Kier alpha value is -3.45. The first kappa shape index (κ1) is 22.2. The number of ether oxygens (including phenoxy) is 1. The zero-order valence-electron chi connectivity index (χ0n) is 17.3. The van der Waals surface area contributed by atoms with E-state index in [-0.39, 0.29) is 23.6 Å². The van der Waals surface area contributed by atoms with E-state index in [1.54, 1.807) is 24.3 Å². The van der Waals surface area contributed by atoms with E-state index in [0.29, 0.717) is 16.1 Å². The van der Waals surface area contributed by atoms with Gasteiger partial charge in [0, 0.05) is 23.1 Å². The SMILES string of the molecule is COc1nn(C(Cc2cccc(C)c2)C(=O)O)c(=O)cc1-c1cc(Cl)ccc1C(C)=O. The Morgan fingerprint density at radius 3 is 2.52 bits per heavy atom. The van der Waals surface area contributed by atoms with Crippen LogP contribution in [0.5, 0.6) is 5.88 Å². The van der Waals surface area contributed by atoms with Crippen molar-refractivity contribution in [1.29, 1.82) is 0 Å². The Kier molecular flexibility index (Phi) is 6.56. The molecule has 3 rings (SSSR count). The molecule has 1 aromatic heterocycles. The molecule has 1 N–H and O–H groups in total. The highest BCUT2D eigenvalue weighted by atomic mass is 35.5. The van der Waals surface area contributed by atoms with E-state index in [1.165, 1.54) is 20.1 Å². The van der Waals surface area contributed by atoms with Crippen LogP contribution >= 0.6 is 11.6 Å². The van der Waals surface area contributed by atoms with Gasteiger partial charge in [-0.15, -0.1) is 5.10 Å². The number of carbonyl (C=O) groups is 2. The molecule has 0 fully saturated rings. The smallest absolute Gasteiger partial charge is 0.329 e. The molecule has 0 aliphatic heterocycles. The number of carboxylic acid groups (broad SMARTS) is 1. The highest BCUT2D eigenvalue weighted by Crippen LogP contribution is 2.32. The number of aliphatic carboxylic acids is 1. The van der Waals surface area contributed by atoms with Gasteiger partial charge >= 0.3 is 5.97 Å². The summed E-state index contributed by atoms with van der Waals surface area (Å²) < 4.78 is 6.24. The molecule has 7 nitrogen and oxygen atoms in total. The predicted octanol–water partition coefficient (Wildman–Crippen LogP) is 3.95. The van der Waals surface area contributed by atoms with Crippen molar-refractivity contribution in [2.75, 3.05) is 7.11 Å².